The van der Waals surface area contributed by atoms with Gasteiger partial charge in [-0.1, -0.05) is 6.07 Å². The third-order valence-electron chi connectivity index (χ3n) is 4.13. The van der Waals surface area contributed by atoms with Crippen molar-refractivity contribution in [1.29, 1.82) is 0 Å². The van der Waals surface area contributed by atoms with Gasteiger partial charge in [0.25, 0.3) is 0 Å². The molecule has 7 heteroatoms. The van der Waals surface area contributed by atoms with Crippen LogP contribution in [0, 0.1) is 0 Å². The first-order chi connectivity index (χ1) is 11.5. The Labute approximate surface area is 142 Å². The van der Waals surface area contributed by atoms with Crippen LogP contribution in [-0.2, 0) is 14.3 Å². The Morgan fingerprint density at radius 3 is 2.75 bits per heavy atom. The van der Waals surface area contributed by atoms with E-state index < -0.39 is 6.04 Å². The number of amides is 2. The summed E-state index contributed by atoms with van der Waals surface area (Å²) in [6.07, 6.45) is 0. The van der Waals surface area contributed by atoms with Crippen LogP contribution in [0.5, 0.6) is 5.75 Å². The predicted octanol–water partition coefficient (Wildman–Crippen LogP) is 0.813. The monoisotopic (exact) mass is 335 g/mol. The van der Waals surface area contributed by atoms with Gasteiger partial charge in [-0.15, -0.1) is 0 Å². The number of nitrogens with one attached hydrogen (secondary N) is 1. The number of methoxy groups -OCH3 is 1. The highest BCUT2D eigenvalue weighted by Gasteiger charge is 2.23. The van der Waals surface area contributed by atoms with Crippen LogP contribution >= 0.6 is 0 Å². The van der Waals surface area contributed by atoms with Gasteiger partial charge < -0.3 is 19.7 Å². The normalized spacial score (nSPS) is 15.9. The fraction of sp³-hybridized carbons (Fsp3) is 0.529. The third kappa shape index (κ3) is 4.94. The number of anilines is 1. The van der Waals surface area contributed by atoms with Crippen LogP contribution < -0.4 is 10.1 Å². The van der Waals surface area contributed by atoms with Gasteiger partial charge in [0.1, 0.15) is 5.75 Å². The third-order valence-corrected chi connectivity index (χ3v) is 4.13. The summed E-state index contributed by atoms with van der Waals surface area (Å²) in [5.74, 6) is 0.527. The van der Waals surface area contributed by atoms with Crippen LogP contribution in [-0.4, -0.2) is 74.7 Å². The molecule has 132 valence electrons. The summed E-state index contributed by atoms with van der Waals surface area (Å²) in [5.41, 5.74) is 0.666. The van der Waals surface area contributed by atoms with Crippen molar-refractivity contribution in [3.05, 3.63) is 24.3 Å². The zero-order valence-corrected chi connectivity index (χ0v) is 14.4. The molecule has 0 spiro atoms. The average molecular weight is 335 g/mol. The molecule has 0 radical (unpaired) electrons. The number of likely N-dealkylation sites (N-methyl/N-ethyl adjacent to an activating group) is 1. The molecule has 1 fully saturated rings. The van der Waals surface area contributed by atoms with Gasteiger partial charge in [0.2, 0.25) is 11.8 Å². The van der Waals surface area contributed by atoms with E-state index in [1.807, 2.05) is 12.1 Å². The Balaban J connectivity index is 1.87. The van der Waals surface area contributed by atoms with E-state index in [0.717, 1.165) is 0 Å². The van der Waals surface area contributed by atoms with E-state index in [1.165, 1.54) is 0 Å². The van der Waals surface area contributed by atoms with Crippen LogP contribution in [0.4, 0.5) is 5.69 Å². The van der Waals surface area contributed by atoms with E-state index in [1.54, 1.807) is 43.0 Å². The van der Waals surface area contributed by atoms with Gasteiger partial charge in [-0.2, -0.15) is 0 Å². The van der Waals surface area contributed by atoms with E-state index in [9.17, 15) is 9.59 Å². The van der Waals surface area contributed by atoms with Crippen LogP contribution in [0.15, 0.2) is 24.3 Å². The van der Waals surface area contributed by atoms with Crippen LogP contribution in [0.1, 0.15) is 6.92 Å². The molecule has 7 nitrogen and oxygen atoms in total. The fourth-order valence-electron chi connectivity index (χ4n) is 2.41. The number of morpholine rings is 1. The Morgan fingerprint density at radius 1 is 1.38 bits per heavy atom. The second-order valence-corrected chi connectivity index (χ2v) is 5.81. The van der Waals surface area contributed by atoms with Gasteiger partial charge in [0.15, 0.2) is 0 Å². The molecule has 0 aliphatic carbocycles. The lowest BCUT2D eigenvalue weighted by Gasteiger charge is -2.30. The number of ether oxygens (including phenoxy) is 2. The highest BCUT2D eigenvalue weighted by molar-refractivity contribution is 5.95. The minimum atomic E-state index is -0.429. The van der Waals surface area contributed by atoms with E-state index >= 15 is 0 Å². The number of carbonyl (C=O) groups excluding carboxylic acids is 2. The topological polar surface area (TPSA) is 71.1 Å². The lowest BCUT2D eigenvalue weighted by Crippen LogP contribution is -2.48. The second kappa shape index (κ2) is 8.65. The lowest BCUT2D eigenvalue weighted by molar-refractivity contribution is -0.137. The van der Waals surface area contributed by atoms with E-state index in [0.29, 0.717) is 37.7 Å². The van der Waals surface area contributed by atoms with Crippen LogP contribution in [0.3, 0.4) is 0 Å². The molecule has 2 rings (SSSR count). The molecule has 1 aliphatic rings. The number of benzene rings is 1. The maximum atomic E-state index is 12.4. The van der Waals surface area contributed by atoms with Gasteiger partial charge in [0.05, 0.1) is 32.9 Å². The van der Waals surface area contributed by atoms with E-state index in [-0.39, 0.29) is 18.4 Å². The molecule has 24 heavy (non-hydrogen) atoms. The average Bonchev–Trinajstić information content (AvgIpc) is 2.61. The van der Waals surface area contributed by atoms with Gasteiger partial charge >= 0.3 is 0 Å². The minimum Gasteiger partial charge on any atom is -0.497 e. The first-order valence-corrected chi connectivity index (χ1v) is 8.02. The largest absolute Gasteiger partial charge is 0.497 e. The summed E-state index contributed by atoms with van der Waals surface area (Å²) in [6.45, 7) is 4.34. The van der Waals surface area contributed by atoms with Crippen molar-refractivity contribution in [3.63, 3.8) is 0 Å². The standard InChI is InChI=1S/C17H25N3O4/c1-13(17(22)18-14-5-4-6-15(11-14)23-3)19(2)12-16(21)20-7-9-24-10-8-20/h4-6,11,13H,7-10,12H2,1-3H3,(H,18,22). The maximum absolute atomic E-state index is 12.4. The molecule has 1 atom stereocenters. The Bertz CT molecular complexity index is 573. The molecule has 0 aromatic heterocycles. The molecule has 0 bridgehead atoms. The molecule has 1 N–H and O–H groups in total. The Kier molecular flexibility index (Phi) is 6.57. The van der Waals surface area contributed by atoms with Gasteiger partial charge in [-0.25, -0.2) is 0 Å². The van der Waals surface area contributed by atoms with Crippen molar-refractivity contribution < 1.29 is 19.1 Å². The molecule has 1 aromatic rings. The molecule has 1 heterocycles. The summed E-state index contributed by atoms with van der Waals surface area (Å²) in [7, 11) is 3.35. The molecule has 2 amide bonds. The summed E-state index contributed by atoms with van der Waals surface area (Å²) < 4.78 is 10.4. The first kappa shape index (κ1) is 18.2. The van der Waals surface area contributed by atoms with Gasteiger partial charge in [-0.3, -0.25) is 14.5 Å². The first-order valence-electron chi connectivity index (χ1n) is 8.02. The molecule has 1 saturated heterocycles. The van der Waals surface area contributed by atoms with Crippen molar-refractivity contribution in [2.24, 2.45) is 0 Å². The predicted molar refractivity (Wildman–Crippen MR) is 91.1 cm³/mol. The molecule has 1 aromatic carbocycles. The van der Waals surface area contributed by atoms with Gasteiger partial charge in [-0.05, 0) is 26.1 Å². The van der Waals surface area contributed by atoms with Crippen LogP contribution in [0.2, 0.25) is 0 Å². The highest BCUT2D eigenvalue weighted by atomic mass is 16.5. The zero-order chi connectivity index (χ0) is 17.5. The van der Waals surface area contributed by atoms with Gasteiger partial charge in [0, 0.05) is 24.8 Å². The smallest absolute Gasteiger partial charge is 0.241 e. The summed E-state index contributed by atoms with van der Waals surface area (Å²) in [5, 5.41) is 2.84. The second-order valence-electron chi connectivity index (χ2n) is 5.81. The van der Waals surface area contributed by atoms with E-state index in [2.05, 4.69) is 5.32 Å². The van der Waals surface area contributed by atoms with Crippen molar-refractivity contribution in [2.75, 3.05) is 52.3 Å². The summed E-state index contributed by atoms with van der Waals surface area (Å²) in [6, 6.07) is 6.74. The molecule has 1 aliphatic heterocycles. The quantitative estimate of drug-likeness (QED) is 0.833. The Hall–Kier alpha value is -2.12. The van der Waals surface area contributed by atoms with Crippen LogP contribution in [0.25, 0.3) is 0 Å². The summed E-state index contributed by atoms with van der Waals surface area (Å²) in [4.78, 5) is 28.1. The van der Waals surface area contributed by atoms with Crippen molar-refractivity contribution in [2.45, 2.75) is 13.0 Å². The number of hydrogen-bond donors (Lipinski definition) is 1. The number of nitrogens with zero attached hydrogens (tertiary/aromatic N) is 2. The molecule has 1 unspecified atom stereocenters. The summed E-state index contributed by atoms with van der Waals surface area (Å²) >= 11 is 0. The Morgan fingerprint density at radius 2 is 2.08 bits per heavy atom. The molecular weight excluding hydrogens is 310 g/mol. The maximum Gasteiger partial charge on any atom is 0.241 e. The number of rotatable bonds is 6. The van der Waals surface area contributed by atoms with E-state index in [4.69, 9.17) is 9.47 Å². The lowest BCUT2D eigenvalue weighted by atomic mass is 10.2. The molecular formula is C17H25N3O4. The zero-order valence-electron chi connectivity index (χ0n) is 14.4. The SMILES string of the molecule is COc1cccc(NC(=O)C(C)N(C)CC(=O)N2CCOCC2)c1. The fourth-order valence-corrected chi connectivity index (χ4v) is 2.41. The number of hydrogen-bond acceptors (Lipinski definition) is 5. The van der Waals surface area contributed by atoms with Crippen molar-refractivity contribution >= 4 is 17.5 Å². The van der Waals surface area contributed by atoms with Crippen molar-refractivity contribution in [3.8, 4) is 5.75 Å². The number of carbonyl (C=O) groups is 2. The minimum absolute atomic E-state index is 0.0156. The molecule has 0 saturated carbocycles. The van der Waals surface area contributed by atoms with Crippen molar-refractivity contribution in [1.82, 2.24) is 9.80 Å². The highest BCUT2D eigenvalue weighted by Crippen LogP contribution is 2.17.